The summed E-state index contributed by atoms with van der Waals surface area (Å²) in [7, 11) is 1.71. The molecule has 34 heavy (non-hydrogen) atoms. The van der Waals surface area contributed by atoms with Crippen LogP contribution in [0.1, 0.15) is 124 Å². The molecular weight excluding hydrogens is 412 g/mol. The van der Waals surface area contributed by atoms with E-state index < -0.39 is 0 Å². The van der Waals surface area contributed by atoms with Gasteiger partial charge in [-0.05, 0) is 68.4 Å². The molecule has 2 rings (SSSR count). The molecule has 0 amide bonds. The zero-order chi connectivity index (χ0) is 25.5. The van der Waals surface area contributed by atoms with Crippen LogP contribution in [0.4, 0.5) is 0 Å². The van der Waals surface area contributed by atoms with Gasteiger partial charge >= 0.3 is 0 Å². The molecule has 2 aromatic carbocycles. The Morgan fingerprint density at radius 2 is 1.00 bits per heavy atom. The van der Waals surface area contributed by atoms with Gasteiger partial charge in [-0.2, -0.15) is 0 Å². The van der Waals surface area contributed by atoms with Gasteiger partial charge in [0.1, 0.15) is 5.75 Å². The zero-order valence-electron chi connectivity index (χ0n) is 24.0. The highest BCUT2D eigenvalue weighted by Gasteiger charge is 1.97. The third-order valence-corrected chi connectivity index (χ3v) is 4.07. The number of hydrogen-bond donors (Lipinski definition) is 0. The van der Waals surface area contributed by atoms with Gasteiger partial charge in [-0.15, -0.1) is 0 Å². The molecule has 0 saturated heterocycles. The second-order valence-electron chi connectivity index (χ2n) is 8.69. The molecule has 0 heterocycles. The second kappa shape index (κ2) is 29.3. The Morgan fingerprint density at radius 3 is 1.32 bits per heavy atom. The molecule has 0 N–H and O–H groups in total. The Morgan fingerprint density at radius 1 is 0.618 bits per heavy atom. The van der Waals surface area contributed by atoms with Crippen molar-refractivity contribution in [2.24, 2.45) is 5.92 Å². The number of hydrogen-bond acceptors (Lipinski definition) is 1. The van der Waals surface area contributed by atoms with Gasteiger partial charge in [0.05, 0.1) is 7.11 Å². The Labute approximate surface area is 217 Å². The highest BCUT2D eigenvalue weighted by atomic mass is 16.5. The summed E-state index contributed by atoms with van der Waals surface area (Å²) < 4.78 is 5.18. The lowest BCUT2D eigenvalue weighted by Gasteiger charge is -2.05. The number of benzene rings is 2. The first-order valence-corrected chi connectivity index (χ1v) is 12.8. The lowest BCUT2D eigenvalue weighted by atomic mass is 10.1. The van der Waals surface area contributed by atoms with Crippen LogP contribution in [0.3, 0.4) is 0 Å². The van der Waals surface area contributed by atoms with Crippen molar-refractivity contribution in [3.8, 4) is 5.75 Å². The molecule has 0 aliphatic heterocycles. The van der Waals surface area contributed by atoms with Crippen LogP contribution in [-0.2, 0) is 12.8 Å². The van der Waals surface area contributed by atoms with Crippen LogP contribution in [-0.4, -0.2) is 7.11 Å². The van der Waals surface area contributed by atoms with Crippen LogP contribution < -0.4 is 4.74 Å². The predicted octanol–water partition coefficient (Wildman–Crippen LogP) is 11.6. The van der Waals surface area contributed by atoms with Crippen molar-refractivity contribution in [1.82, 2.24) is 0 Å². The van der Waals surface area contributed by atoms with Gasteiger partial charge in [-0.1, -0.05) is 132 Å². The van der Waals surface area contributed by atoms with Gasteiger partial charge in [0.15, 0.2) is 0 Å². The molecule has 0 aliphatic rings. The first kappa shape index (κ1) is 42.4. The van der Waals surface area contributed by atoms with Gasteiger partial charge in [0.25, 0.3) is 0 Å². The number of methoxy groups -OCH3 is 1. The average Bonchev–Trinajstić information content (AvgIpc) is 2.74. The minimum atomic E-state index is 0. The Kier molecular flexibility index (Phi) is 36.5. The van der Waals surface area contributed by atoms with Crippen LogP contribution in [0.2, 0.25) is 0 Å². The van der Waals surface area contributed by atoms with Crippen molar-refractivity contribution in [1.29, 1.82) is 0 Å². The van der Waals surface area contributed by atoms with Crippen molar-refractivity contribution < 1.29 is 4.74 Å². The number of ether oxygens (including phenoxy) is 1. The third-order valence-electron chi connectivity index (χ3n) is 4.07. The van der Waals surface area contributed by atoms with Crippen molar-refractivity contribution in [3.05, 3.63) is 64.2 Å². The van der Waals surface area contributed by atoms with Crippen molar-refractivity contribution in [3.63, 3.8) is 0 Å². The molecule has 0 radical (unpaired) electrons. The van der Waals surface area contributed by atoms with E-state index >= 15 is 0 Å². The molecule has 0 unspecified atom stereocenters. The van der Waals surface area contributed by atoms with E-state index in [1.54, 1.807) is 7.11 Å². The molecule has 0 saturated carbocycles. The van der Waals surface area contributed by atoms with Gasteiger partial charge in [-0.3, -0.25) is 0 Å². The van der Waals surface area contributed by atoms with Crippen LogP contribution in [0.5, 0.6) is 5.75 Å². The summed E-state index contributed by atoms with van der Waals surface area (Å²) in [4.78, 5) is 0. The molecule has 0 bridgehead atoms. The third kappa shape index (κ3) is 28.3. The number of rotatable bonds is 5. The van der Waals surface area contributed by atoms with E-state index in [4.69, 9.17) is 4.74 Å². The maximum atomic E-state index is 5.18. The highest BCUT2D eigenvalue weighted by Crippen LogP contribution is 2.17. The molecule has 0 atom stereocenters. The SMILES string of the molecule is C.C.CC.CC(C)C.CCCC.CCCc1cc(C)cc(OC)c1.CCc1cc(C)cc(C)c1. The summed E-state index contributed by atoms with van der Waals surface area (Å²) in [5.74, 6) is 1.80. The van der Waals surface area contributed by atoms with E-state index in [1.807, 2.05) is 13.8 Å². The molecule has 0 aromatic heterocycles. The quantitative estimate of drug-likeness (QED) is 0.417. The van der Waals surface area contributed by atoms with Crippen LogP contribution in [0.25, 0.3) is 0 Å². The van der Waals surface area contributed by atoms with Gasteiger partial charge in [0.2, 0.25) is 0 Å². The topological polar surface area (TPSA) is 9.23 Å². The Bertz CT molecular complexity index is 631. The van der Waals surface area contributed by atoms with E-state index in [1.165, 1.54) is 47.1 Å². The van der Waals surface area contributed by atoms with E-state index in [9.17, 15) is 0 Å². The highest BCUT2D eigenvalue weighted by molar-refractivity contribution is 5.33. The fraction of sp³-hybridized carbons (Fsp3) is 0.636. The Balaban J connectivity index is -0.000000115. The monoisotopic (exact) mass is 476 g/mol. The zero-order valence-corrected chi connectivity index (χ0v) is 24.0. The molecule has 1 heteroatoms. The summed E-state index contributed by atoms with van der Waals surface area (Å²) in [6.45, 7) is 25.6. The van der Waals surface area contributed by atoms with Crippen molar-refractivity contribution in [2.45, 2.75) is 130 Å². The summed E-state index contributed by atoms with van der Waals surface area (Å²) in [6, 6.07) is 13.1. The van der Waals surface area contributed by atoms with Crippen LogP contribution in [0.15, 0.2) is 36.4 Å². The smallest absolute Gasteiger partial charge is 0.119 e. The first-order chi connectivity index (χ1) is 15.1. The molecule has 1 nitrogen and oxygen atoms in total. The average molecular weight is 477 g/mol. The lowest BCUT2D eigenvalue weighted by molar-refractivity contribution is 0.414. The fourth-order valence-electron chi connectivity index (χ4n) is 2.65. The normalized spacial score (nSPS) is 8.53. The van der Waals surface area contributed by atoms with E-state index in [0.29, 0.717) is 0 Å². The number of unbranched alkanes of at least 4 members (excludes halogenated alkanes) is 1. The minimum Gasteiger partial charge on any atom is -0.497 e. The number of aryl methyl sites for hydroxylation is 5. The predicted molar refractivity (Wildman–Crippen MR) is 163 cm³/mol. The van der Waals surface area contributed by atoms with Crippen molar-refractivity contribution >= 4 is 0 Å². The first-order valence-electron chi connectivity index (χ1n) is 12.8. The minimum absolute atomic E-state index is 0. The largest absolute Gasteiger partial charge is 0.497 e. The summed E-state index contributed by atoms with van der Waals surface area (Å²) in [5.41, 5.74) is 6.83. The van der Waals surface area contributed by atoms with Gasteiger partial charge in [0, 0.05) is 0 Å². The van der Waals surface area contributed by atoms with Crippen molar-refractivity contribution in [2.75, 3.05) is 7.11 Å². The second-order valence-corrected chi connectivity index (χ2v) is 8.69. The fourth-order valence-corrected chi connectivity index (χ4v) is 2.65. The summed E-state index contributed by atoms with van der Waals surface area (Å²) in [6.07, 6.45) is 6.10. The molecule has 0 fully saturated rings. The van der Waals surface area contributed by atoms with Gasteiger partial charge in [-0.25, -0.2) is 0 Å². The molecule has 202 valence electrons. The van der Waals surface area contributed by atoms with E-state index in [2.05, 4.69) is 106 Å². The Hall–Kier alpha value is -1.76. The molecular formula is C33H64O. The molecule has 2 aromatic rings. The van der Waals surface area contributed by atoms with E-state index in [-0.39, 0.29) is 14.9 Å². The lowest BCUT2D eigenvalue weighted by Crippen LogP contribution is -1.88. The summed E-state index contributed by atoms with van der Waals surface area (Å²) in [5, 5.41) is 0. The maximum absolute atomic E-state index is 5.18. The summed E-state index contributed by atoms with van der Waals surface area (Å²) >= 11 is 0. The van der Waals surface area contributed by atoms with Crippen LogP contribution in [0, 0.1) is 26.7 Å². The maximum Gasteiger partial charge on any atom is 0.119 e. The van der Waals surface area contributed by atoms with E-state index in [0.717, 1.165) is 24.5 Å². The standard InChI is InChI=1S/C11H16O.C10H14.2C4H10.C2H6.2CH4/c1-4-5-10-6-9(2)7-11(8-10)12-3;1-4-10-6-8(2)5-9(3)7-10;1-4(2)3;1-3-4-2;1-2;;/h6-8H,4-5H2,1-3H3;5-7H,4H2,1-3H3;4H,1-3H3;3-4H2,1-2H3;1-2H3;2*1H4. The van der Waals surface area contributed by atoms with Gasteiger partial charge < -0.3 is 4.74 Å². The molecule has 0 aliphatic carbocycles. The molecule has 0 spiro atoms. The van der Waals surface area contributed by atoms with Crippen LogP contribution >= 0.6 is 0 Å².